The molecule has 0 aromatic rings. The highest BCUT2D eigenvalue weighted by atomic mass is 31.2. The van der Waals surface area contributed by atoms with Gasteiger partial charge in [-0.05, 0) is 96.3 Å². The van der Waals surface area contributed by atoms with Gasteiger partial charge in [-0.2, -0.15) is 0 Å². The average molecular weight is 1000 g/mol. The number of phosphoric ester groups is 1. The second-order valence-electron chi connectivity index (χ2n) is 17.7. The molecule has 0 aliphatic carbocycles. The molecule has 0 heterocycles. The van der Waals surface area contributed by atoms with E-state index in [1.807, 2.05) is 18.2 Å². The van der Waals surface area contributed by atoms with Gasteiger partial charge in [-0.1, -0.05) is 195 Å². The van der Waals surface area contributed by atoms with Gasteiger partial charge in [0.1, 0.15) is 12.7 Å². The first-order valence-electron chi connectivity index (χ1n) is 27.1. The third-order valence-corrected chi connectivity index (χ3v) is 11.9. The van der Waals surface area contributed by atoms with E-state index in [0.29, 0.717) is 19.3 Å². The van der Waals surface area contributed by atoms with Gasteiger partial charge in [0.2, 0.25) is 0 Å². The lowest BCUT2D eigenvalue weighted by Crippen LogP contribution is -2.30. The van der Waals surface area contributed by atoms with E-state index in [4.69, 9.17) is 23.3 Å². The smallest absolute Gasteiger partial charge is 0.462 e. The Morgan fingerprint density at radius 1 is 0.429 bits per heavy atom. The van der Waals surface area contributed by atoms with E-state index >= 15 is 0 Å². The summed E-state index contributed by atoms with van der Waals surface area (Å²) in [7, 11) is -4.77. The summed E-state index contributed by atoms with van der Waals surface area (Å²) in [5.41, 5.74) is 0. The molecule has 0 spiro atoms. The largest absolute Gasteiger partial charge is 0.472 e. The highest BCUT2D eigenvalue weighted by Gasteiger charge is 2.28. The van der Waals surface area contributed by atoms with E-state index in [9.17, 15) is 28.9 Å². The molecular formula is C58H97O11P. The Morgan fingerprint density at radius 2 is 0.814 bits per heavy atom. The minimum Gasteiger partial charge on any atom is -0.462 e. The van der Waals surface area contributed by atoms with Crippen LogP contribution in [0.15, 0.2) is 97.2 Å². The van der Waals surface area contributed by atoms with Crippen molar-refractivity contribution in [3.63, 3.8) is 0 Å². The molecule has 0 rings (SSSR count). The summed E-state index contributed by atoms with van der Waals surface area (Å²) in [4.78, 5) is 48.3. The number of esters is 3. The molecule has 70 heavy (non-hydrogen) atoms. The number of carbonyl (C=O) groups excluding carboxylic acids is 3. The number of unbranched alkanes of at least 4 members (excludes halogenated alkanes) is 17. The number of hydrogen-bond donors (Lipinski definition) is 2. The van der Waals surface area contributed by atoms with Crippen LogP contribution in [0.5, 0.6) is 0 Å². The van der Waals surface area contributed by atoms with Crippen LogP contribution < -0.4 is 0 Å². The molecule has 3 atom stereocenters. The molecule has 12 heteroatoms. The van der Waals surface area contributed by atoms with Gasteiger partial charge in [0, 0.05) is 12.8 Å². The number of aliphatic hydroxyl groups excluding tert-OH is 1. The molecule has 2 N–H and O–H groups in total. The topological polar surface area (TPSA) is 155 Å². The van der Waals surface area contributed by atoms with Crippen molar-refractivity contribution in [2.24, 2.45) is 0 Å². The Labute approximate surface area is 425 Å². The van der Waals surface area contributed by atoms with Crippen molar-refractivity contribution in [1.29, 1.82) is 0 Å². The standard InChI is InChI=1S/C58H97O11P/c1-4-7-10-13-16-19-22-24-26-27-29-30-33-35-38-41-44-47-56(60)65-51-55(69-58(62)49-46-43-40-37-34-31-28-25-23-20-17-14-11-8-5-2)53-67-70(63,64)66-52-54(50-59)68-57(61)48-45-42-39-36-32-21-18-15-12-9-6-3/h8,11,15-20,24-26,28,34,37,43,46,54-55,59H,4-7,9-10,12-14,21-23,27,29-33,35-36,38-42,44-45,47-53H2,1-3H3,(H,63,64)/b11-8-,18-15-,19-16-,20-17-,26-24-,28-25-,37-34-,46-43-. The van der Waals surface area contributed by atoms with Gasteiger partial charge in [-0.25, -0.2) is 4.57 Å². The lowest BCUT2D eigenvalue weighted by Gasteiger charge is -2.21. The molecule has 0 aliphatic heterocycles. The maximum absolute atomic E-state index is 12.9. The van der Waals surface area contributed by atoms with E-state index in [0.717, 1.165) is 103 Å². The second-order valence-corrected chi connectivity index (χ2v) is 19.1. The summed E-state index contributed by atoms with van der Waals surface area (Å²) in [6, 6.07) is 0. The SMILES string of the molecule is CC/C=C\C/C=C\C/C=C\C/C=C\C/C=C\CC(=O)OC(COC(=O)CCCCCCCCC/C=C\C/C=C\CCCCC)COP(=O)(O)OCC(CO)OC(=O)CCCCCCC/C=C\CCCC. The summed E-state index contributed by atoms with van der Waals surface area (Å²) < 4.78 is 39.2. The molecule has 400 valence electrons. The molecule has 0 fully saturated rings. The quantitative estimate of drug-likeness (QED) is 0.0197. The van der Waals surface area contributed by atoms with Crippen LogP contribution in [-0.4, -0.2) is 66.5 Å². The molecule has 0 amide bonds. The first-order chi connectivity index (χ1) is 34.2. The molecule has 0 saturated heterocycles. The van der Waals surface area contributed by atoms with Crippen molar-refractivity contribution in [1.82, 2.24) is 0 Å². The highest BCUT2D eigenvalue weighted by molar-refractivity contribution is 7.47. The molecule has 0 aliphatic rings. The highest BCUT2D eigenvalue weighted by Crippen LogP contribution is 2.43. The third-order valence-electron chi connectivity index (χ3n) is 11.0. The molecule has 0 aromatic carbocycles. The van der Waals surface area contributed by atoms with E-state index in [-0.39, 0.29) is 25.9 Å². The minimum absolute atomic E-state index is 0.0703. The summed E-state index contributed by atoms with van der Waals surface area (Å²) >= 11 is 0. The Kier molecular flexibility index (Phi) is 49.1. The van der Waals surface area contributed by atoms with Gasteiger partial charge < -0.3 is 24.2 Å². The van der Waals surface area contributed by atoms with Crippen LogP contribution in [-0.2, 0) is 42.2 Å². The van der Waals surface area contributed by atoms with Crippen molar-refractivity contribution in [3.05, 3.63) is 97.2 Å². The molecule has 0 aromatic heterocycles. The van der Waals surface area contributed by atoms with Crippen molar-refractivity contribution >= 4 is 25.7 Å². The molecule has 0 radical (unpaired) electrons. The number of aliphatic hydroxyl groups is 1. The van der Waals surface area contributed by atoms with Crippen LogP contribution in [0.25, 0.3) is 0 Å². The Bertz CT molecular complexity index is 1540. The van der Waals surface area contributed by atoms with Gasteiger partial charge in [-0.3, -0.25) is 23.4 Å². The fraction of sp³-hybridized carbons (Fsp3) is 0.672. The van der Waals surface area contributed by atoms with Crippen molar-refractivity contribution < 1.29 is 52.2 Å². The lowest BCUT2D eigenvalue weighted by molar-refractivity contribution is -0.160. The van der Waals surface area contributed by atoms with Crippen molar-refractivity contribution in [2.75, 3.05) is 26.4 Å². The van der Waals surface area contributed by atoms with Crippen molar-refractivity contribution in [3.8, 4) is 0 Å². The van der Waals surface area contributed by atoms with Crippen LogP contribution in [0.4, 0.5) is 0 Å². The van der Waals surface area contributed by atoms with Crippen LogP contribution in [0.2, 0.25) is 0 Å². The second kappa shape index (κ2) is 51.7. The Hall–Kier alpha value is -3.60. The number of carbonyl (C=O) groups is 3. The molecule has 0 saturated carbocycles. The number of phosphoric acid groups is 1. The summed E-state index contributed by atoms with van der Waals surface area (Å²) in [5, 5.41) is 9.77. The maximum atomic E-state index is 12.9. The zero-order valence-electron chi connectivity index (χ0n) is 43.9. The lowest BCUT2D eigenvalue weighted by atomic mass is 10.1. The number of rotatable bonds is 49. The van der Waals surface area contributed by atoms with Crippen LogP contribution in [0.1, 0.15) is 213 Å². The van der Waals surface area contributed by atoms with Crippen LogP contribution in [0.3, 0.4) is 0 Å². The van der Waals surface area contributed by atoms with Gasteiger partial charge in [-0.15, -0.1) is 0 Å². The van der Waals surface area contributed by atoms with Gasteiger partial charge in [0.15, 0.2) is 6.10 Å². The number of allylic oxidation sites excluding steroid dienone is 15. The van der Waals surface area contributed by atoms with Gasteiger partial charge in [0.05, 0.1) is 26.2 Å². The Morgan fingerprint density at radius 3 is 1.31 bits per heavy atom. The van der Waals surface area contributed by atoms with Crippen LogP contribution in [0, 0.1) is 0 Å². The first kappa shape index (κ1) is 66.4. The van der Waals surface area contributed by atoms with E-state index in [1.54, 1.807) is 6.08 Å². The van der Waals surface area contributed by atoms with E-state index < -0.39 is 57.8 Å². The third kappa shape index (κ3) is 49.4. The first-order valence-corrected chi connectivity index (χ1v) is 28.6. The predicted octanol–water partition coefficient (Wildman–Crippen LogP) is 15.7. The zero-order valence-corrected chi connectivity index (χ0v) is 44.8. The van der Waals surface area contributed by atoms with E-state index in [1.165, 1.54) is 51.4 Å². The fourth-order valence-electron chi connectivity index (χ4n) is 6.85. The summed E-state index contributed by atoms with van der Waals surface area (Å²) in [6.07, 6.45) is 59.8. The van der Waals surface area contributed by atoms with E-state index in [2.05, 4.69) is 93.7 Å². The zero-order chi connectivity index (χ0) is 51.3. The summed E-state index contributed by atoms with van der Waals surface area (Å²) in [6.45, 7) is 4.32. The molecule has 11 nitrogen and oxygen atoms in total. The molecule has 3 unspecified atom stereocenters. The van der Waals surface area contributed by atoms with Gasteiger partial charge >= 0.3 is 25.7 Å². The van der Waals surface area contributed by atoms with Crippen molar-refractivity contribution in [2.45, 2.75) is 226 Å². The number of ether oxygens (including phenoxy) is 3. The van der Waals surface area contributed by atoms with Crippen LogP contribution >= 0.6 is 7.82 Å². The minimum atomic E-state index is -4.77. The molecule has 0 bridgehead atoms. The fourth-order valence-corrected chi connectivity index (χ4v) is 7.64. The summed E-state index contributed by atoms with van der Waals surface area (Å²) in [5.74, 6) is -1.64. The normalized spacial score (nSPS) is 14.2. The maximum Gasteiger partial charge on any atom is 0.472 e. The monoisotopic (exact) mass is 1000 g/mol. The number of hydrogen-bond acceptors (Lipinski definition) is 10. The molecular weight excluding hydrogens is 904 g/mol. The average Bonchev–Trinajstić information content (AvgIpc) is 3.35. The predicted molar refractivity (Wildman–Crippen MR) is 288 cm³/mol. The van der Waals surface area contributed by atoms with Gasteiger partial charge in [0.25, 0.3) is 0 Å². The Balaban J connectivity index is 4.87.